The van der Waals surface area contributed by atoms with Gasteiger partial charge in [-0.2, -0.15) is 9.57 Å². The molecule has 2 N–H and O–H groups in total. The lowest BCUT2D eigenvalue weighted by Gasteiger charge is -2.31. The normalized spacial score (nSPS) is 15.0. The van der Waals surface area contributed by atoms with Gasteiger partial charge in [0.2, 0.25) is 10.0 Å². The van der Waals surface area contributed by atoms with Gasteiger partial charge < -0.3 is 15.2 Å². The Bertz CT molecular complexity index is 1150. The molecule has 0 aliphatic heterocycles. The third kappa shape index (κ3) is 7.92. The second kappa shape index (κ2) is 12.4. The zero-order chi connectivity index (χ0) is 26.3. The molecule has 0 amide bonds. The lowest BCUT2D eigenvalue weighted by Crippen LogP contribution is -2.47. The Morgan fingerprint density at radius 2 is 1.92 bits per heavy atom. The van der Waals surface area contributed by atoms with Gasteiger partial charge in [-0.3, -0.25) is 0 Å². The van der Waals surface area contributed by atoms with Crippen molar-refractivity contribution < 1.29 is 18.3 Å². The standard InChI is InChI=1S/C27H36ClN3O4S/c1-27(2,16-21-11-22-8-4-5-9-23(22)12-21)30-17-25(32)18-31(3)36(33,34)26-14-20(13-24(28)15-26)7-6-10-35-19-29/h4-5,8-9,13-15,21,25,30,32H,6-7,10-12,16-18H2,1-3H3/t25-/m1/s1. The number of benzene rings is 2. The van der Waals surface area contributed by atoms with Gasteiger partial charge in [0.05, 0.1) is 11.0 Å². The number of hydrogen-bond acceptors (Lipinski definition) is 6. The predicted molar refractivity (Wildman–Crippen MR) is 141 cm³/mol. The van der Waals surface area contributed by atoms with Crippen LogP contribution in [0.5, 0.6) is 0 Å². The van der Waals surface area contributed by atoms with E-state index in [1.165, 1.54) is 24.2 Å². The lowest BCUT2D eigenvalue weighted by molar-refractivity contribution is 0.135. The Labute approximate surface area is 220 Å². The van der Waals surface area contributed by atoms with E-state index in [9.17, 15) is 13.5 Å². The lowest BCUT2D eigenvalue weighted by atomic mass is 9.88. The second-order valence-electron chi connectivity index (χ2n) is 10.3. The largest absolute Gasteiger partial charge is 0.428 e. The molecule has 7 nitrogen and oxygen atoms in total. The highest BCUT2D eigenvalue weighted by molar-refractivity contribution is 7.89. The SMILES string of the molecule is CN(C[C@H](O)CNC(C)(C)CC1Cc2ccccc2C1)S(=O)(=O)c1cc(Cl)cc(CCCOC#N)c1. The van der Waals surface area contributed by atoms with Crippen LogP contribution in [0.1, 0.15) is 43.4 Å². The summed E-state index contributed by atoms with van der Waals surface area (Å²) in [5, 5.41) is 22.9. The zero-order valence-corrected chi connectivity index (χ0v) is 22.8. The van der Waals surface area contributed by atoms with Crippen molar-refractivity contribution in [1.82, 2.24) is 9.62 Å². The maximum absolute atomic E-state index is 13.2. The molecule has 0 aromatic heterocycles. The first-order valence-corrected chi connectivity index (χ1v) is 14.1. The molecular formula is C27H36ClN3O4S. The van der Waals surface area contributed by atoms with Gasteiger partial charge in [-0.15, -0.1) is 0 Å². The molecule has 0 saturated heterocycles. The first kappa shape index (κ1) is 28.4. The number of ether oxygens (including phenoxy) is 1. The van der Waals surface area contributed by atoms with Crippen LogP contribution in [-0.4, -0.2) is 56.2 Å². The van der Waals surface area contributed by atoms with Crippen molar-refractivity contribution in [2.75, 3.05) is 26.7 Å². The van der Waals surface area contributed by atoms with E-state index in [2.05, 4.69) is 48.2 Å². The molecule has 0 radical (unpaired) electrons. The molecule has 196 valence electrons. The minimum atomic E-state index is -3.84. The number of β-amino-alcohol motifs (C(OH)–C–C–N with tert-alkyl or cyclic N) is 1. The molecule has 0 spiro atoms. The van der Waals surface area contributed by atoms with Crippen LogP contribution < -0.4 is 5.32 Å². The predicted octanol–water partition coefficient (Wildman–Crippen LogP) is 3.92. The van der Waals surface area contributed by atoms with Gasteiger partial charge in [0.1, 0.15) is 6.61 Å². The van der Waals surface area contributed by atoms with Crippen LogP contribution in [-0.2, 0) is 34.0 Å². The fourth-order valence-electron chi connectivity index (χ4n) is 4.93. The van der Waals surface area contributed by atoms with Crippen LogP contribution in [0, 0.1) is 17.4 Å². The maximum Gasteiger partial charge on any atom is 0.286 e. The van der Waals surface area contributed by atoms with Gasteiger partial charge in [-0.25, -0.2) is 8.42 Å². The number of sulfonamides is 1. The van der Waals surface area contributed by atoms with E-state index < -0.39 is 16.1 Å². The van der Waals surface area contributed by atoms with Crippen LogP contribution in [0.3, 0.4) is 0 Å². The van der Waals surface area contributed by atoms with Crippen LogP contribution >= 0.6 is 11.6 Å². The van der Waals surface area contributed by atoms with E-state index in [4.69, 9.17) is 16.9 Å². The molecule has 3 rings (SSSR count). The Balaban J connectivity index is 1.52. The molecule has 0 fully saturated rings. The van der Waals surface area contributed by atoms with Crippen molar-refractivity contribution in [2.24, 2.45) is 5.92 Å². The van der Waals surface area contributed by atoms with E-state index in [1.807, 2.05) is 0 Å². The summed E-state index contributed by atoms with van der Waals surface area (Å²) in [7, 11) is -2.38. The van der Waals surface area contributed by atoms with Crippen molar-refractivity contribution in [3.63, 3.8) is 0 Å². The van der Waals surface area contributed by atoms with Gasteiger partial charge in [0.25, 0.3) is 6.26 Å². The maximum atomic E-state index is 13.2. The Morgan fingerprint density at radius 1 is 1.25 bits per heavy atom. The number of aliphatic hydroxyl groups is 1. The summed E-state index contributed by atoms with van der Waals surface area (Å²) in [5.41, 5.74) is 3.39. The molecule has 0 saturated carbocycles. The topological polar surface area (TPSA) is 103 Å². The molecule has 0 heterocycles. The number of hydrogen-bond donors (Lipinski definition) is 2. The van der Waals surface area contributed by atoms with E-state index in [-0.39, 0.29) is 30.1 Å². The van der Waals surface area contributed by atoms with E-state index in [0.717, 1.165) is 29.1 Å². The number of aryl methyl sites for hydroxylation is 1. The molecule has 2 aromatic carbocycles. The average molecular weight is 534 g/mol. The quantitative estimate of drug-likeness (QED) is 0.299. The van der Waals surface area contributed by atoms with Crippen molar-refractivity contribution in [1.29, 1.82) is 5.26 Å². The molecule has 1 aliphatic carbocycles. The van der Waals surface area contributed by atoms with E-state index in [0.29, 0.717) is 23.8 Å². The first-order chi connectivity index (χ1) is 17.0. The first-order valence-electron chi connectivity index (χ1n) is 12.3. The fraction of sp³-hybridized carbons (Fsp3) is 0.519. The monoisotopic (exact) mass is 533 g/mol. The van der Waals surface area contributed by atoms with E-state index in [1.54, 1.807) is 18.4 Å². The summed E-state index contributed by atoms with van der Waals surface area (Å²) < 4.78 is 32.1. The molecule has 1 atom stereocenters. The molecule has 0 unspecified atom stereocenters. The number of fused-ring (bicyclic) bond motifs is 1. The number of likely N-dealkylation sites (N-methyl/N-ethyl adjacent to an activating group) is 1. The summed E-state index contributed by atoms with van der Waals surface area (Å²) in [6.45, 7) is 4.75. The number of rotatable bonds is 13. The molecule has 36 heavy (non-hydrogen) atoms. The van der Waals surface area contributed by atoms with Crippen LogP contribution in [0.15, 0.2) is 47.4 Å². The molecule has 1 aliphatic rings. The van der Waals surface area contributed by atoms with Gasteiger partial charge in [0.15, 0.2) is 0 Å². The Kier molecular flexibility index (Phi) is 9.79. The highest BCUT2D eigenvalue weighted by Crippen LogP contribution is 2.32. The number of halogens is 1. The summed E-state index contributed by atoms with van der Waals surface area (Å²) >= 11 is 6.18. The molecule has 0 bridgehead atoms. The fourth-order valence-corrected chi connectivity index (χ4v) is 6.56. The second-order valence-corrected chi connectivity index (χ2v) is 12.8. The minimum Gasteiger partial charge on any atom is -0.428 e. The zero-order valence-electron chi connectivity index (χ0n) is 21.2. The van der Waals surface area contributed by atoms with Crippen molar-refractivity contribution in [3.05, 3.63) is 64.2 Å². The van der Waals surface area contributed by atoms with Crippen molar-refractivity contribution in [2.45, 2.75) is 62.5 Å². The Hall–Kier alpha value is -2.15. The minimum absolute atomic E-state index is 0.0435. The number of nitriles is 1. The third-order valence-corrected chi connectivity index (χ3v) is 8.65. The molecule has 9 heteroatoms. The number of nitrogens with one attached hydrogen (secondary N) is 1. The van der Waals surface area contributed by atoms with Gasteiger partial charge in [-0.1, -0.05) is 35.9 Å². The van der Waals surface area contributed by atoms with Gasteiger partial charge in [0, 0.05) is 30.7 Å². The molecular weight excluding hydrogens is 498 g/mol. The highest BCUT2D eigenvalue weighted by Gasteiger charge is 2.29. The smallest absolute Gasteiger partial charge is 0.286 e. The van der Waals surface area contributed by atoms with Gasteiger partial charge in [-0.05, 0) is 86.8 Å². The Morgan fingerprint density at radius 3 is 2.56 bits per heavy atom. The summed E-state index contributed by atoms with van der Waals surface area (Å²) in [4.78, 5) is 0.0787. The van der Waals surface area contributed by atoms with E-state index >= 15 is 0 Å². The highest BCUT2D eigenvalue weighted by atomic mass is 35.5. The number of nitrogens with zero attached hydrogens (tertiary/aromatic N) is 2. The summed E-state index contributed by atoms with van der Waals surface area (Å²) in [6.07, 6.45) is 4.94. The summed E-state index contributed by atoms with van der Waals surface area (Å²) in [6, 6.07) is 13.3. The average Bonchev–Trinajstić information content (AvgIpc) is 3.21. The van der Waals surface area contributed by atoms with Crippen LogP contribution in [0.4, 0.5) is 0 Å². The van der Waals surface area contributed by atoms with Gasteiger partial charge >= 0.3 is 0 Å². The third-order valence-electron chi connectivity index (χ3n) is 6.63. The molecule has 2 aromatic rings. The van der Waals surface area contributed by atoms with Crippen LogP contribution in [0.2, 0.25) is 5.02 Å². The number of aliphatic hydroxyl groups excluding tert-OH is 1. The summed E-state index contributed by atoms with van der Waals surface area (Å²) in [5.74, 6) is 0.550. The van der Waals surface area contributed by atoms with Crippen LogP contribution in [0.25, 0.3) is 0 Å². The van der Waals surface area contributed by atoms with Crippen molar-refractivity contribution in [3.8, 4) is 6.26 Å². The van der Waals surface area contributed by atoms with Crippen molar-refractivity contribution >= 4 is 21.6 Å².